The molecule has 3 aromatic heterocycles. The van der Waals surface area contributed by atoms with E-state index in [9.17, 15) is 14.4 Å². The van der Waals surface area contributed by atoms with Crippen molar-refractivity contribution < 1.29 is 28.3 Å². The van der Waals surface area contributed by atoms with Crippen LogP contribution in [0, 0.1) is 6.92 Å². The van der Waals surface area contributed by atoms with Crippen molar-refractivity contribution in [2.45, 2.75) is 18.9 Å². The van der Waals surface area contributed by atoms with Crippen LogP contribution >= 0.6 is 24.0 Å². The summed E-state index contributed by atoms with van der Waals surface area (Å²) in [7, 11) is 4.84. The lowest BCUT2D eigenvalue weighted by atomic mass is 10.1. The van der Waals surface area contributed by atoms with Crippen LogP contribution in [-0.2, 0) is 4.74 Å². The number of esters is 1. The second-order valence-electron chi connectivity index (χ2n) is 8.27. The first kappa shape index (κ1) is 26.2. The Balaban J connectivity index is 1.84. The van der Waals surface area contributed by atoms with E-state index < -0.39 is 11.9 Å². The number of methoxy groups -OCH3 is 1. The van der Waals surface area contributed by atoms with Crippen molar-refractivity contribution in [2.24, 2.45) is 0 Å². The normalized spacial score (nSPS) is 10.9. The van der Waals surface area contributed by atoms with Crippen LogP contribution in [0.25, 0.3) is 11.3 Å². The Hall–Kier alpha value is -3.83. The van der Waals surface area contributed by atoms with E-state index >= 15 is 0 Å². The highest BCUT2D eigenvalue weighted by atomic mass is 32.1. The molecule has 0 spiro atoms. The number of imidazole rings is 1. The third-order valence-corrected chi connectivity index (χ3v) is 7.32. The number of rotatable bonds is 7. The summed E-state index contributed by atoms with van der Waals surface area (Å²) in [6, 6.07) is 12.9. The fourth-order valence-corrected chi connectivity index (χ4v) is 5.60. The Labute approximate surface area is 223 Å². The van der Waals surface area contributed by atoms with Crippen LogP contribution in [-0.4, -0.2) is 55.1 Å². The Morgan fingerprint density at radius 2 is 1.92 bits per heavy atom. The van der Waals surface area contributed by atoms with Gasteiger partial charge in [-0.05, 0) is 37.6 Å². The summed E-state index contributed by atoms with van der Waals surface area (Å²) >= 11 is 5.76. The highest BCUT2D eigenvalue weighted by Gasteiger charge is 2.33. The molecule has 0 atom stereocenters. The summed E-state index contributed by atoms with van der Waals surface area (Å²) in [5, 5.41) is 3.46. The molecular weight excluding hydrogens is 512 g/mol. The van der Waals surface area contributed by atoms with Crippen LogP contribution in [0.4, 0.5) is 5.00 Å². The van der Waals surface area contributed by atoms with Crippen LogP contribution in [0.15, 0.2) is 53.7 Å². The maximum atomic E-state index is 13.7. The minimum atomic E-state index is -0.609. The molecule has 0 fully saturated rings. The first-order valence-electron chi connectivity index (χ1n) is 11.4. The average Bonchev–Trinajstić information content (AvgIpc) is 3.36. The molecule has 4 rings (SSSR count). The summed E-state index contributed by atoms with van der Waals surface area (Å²) in [5.74, 6) is -0.719. The van der Waals surface area contributed by atoms with Gasteiger partial charge in [-0.1, -0.05) is 24.8 Å². The molecule has 0 radical (unpaired) electrons. The third-order valence-electron chi connectivity index (χ3n) is 5.71. The van der Waals surface area contributed by atoms with Gasteiger partial charge in [-0.2, -0.15) is 8.97 Å². The van der Waals surface area contributed by atoms with Crippen molar-refractivity contribution in [3.05, 3.63) is 70.4 Å². The van der Waals surface area contributed by atoms with Crippen molar-refractivity contribution in [1.82, 2.24) is 9.47 Å². The molecule has 1 N–H and O–H groups in total. The van der Waals surface area contributed by atoms with Gasteiger partial charge in [0.1, 0.15) is 16.4 Å². The lowest BCUT2D eigenvalue weighted by molar-refractivity contribution is -0.514. The number of hydrogen-bond donors (Lipinski definition) is 2. The number of nitrogens with one attached hydrogen (secondary N) is 1. The molecule has 11 heteroatoms. The van der Waals surface area contributed by atoms with Crippen LogP contribution in [0.2, 0.25) is 0 Å². The molecule has 192 valence electrons. The number of thiol groups is 1. The number of thiophene rings is 1. The summed E-state index contributed by atoms with van der Waals surface area (Å²) in [6.45, 7) is 3.52. The van der Waals surface area contributed by atoms with Crippen LogP contribution in [0.1, 0.15) is 43.0 Å². The first-order chi connectivity index (χ1) is 17.7. The Kier molecular flexibility index (Phi) is 7.55. The average molecular weight is 540 g/mol. The van der Waals surface area contributed by atoms with Crippen LogP contribution in [0.5, 0.6) is 5.75 Å². The molecule has 0 aliphatic rings. The Morgan fingerprint density at radius 3 is 2.59 bits per heavy atom. The van der Waals surface area contributed by atoms with E-state index in [1.165, 1.54) is 4.90 Å². The predicted molar refractivity (Wildman–Crippen MR) is 144 cm³/mol. The first-order valence-corrected chi connectivity index (χ1v) is 12.7. The predicted octanol–water partition coefficient (Wildman–Crippen LogP) is 4.01. The van der Waals surface area contributed by atoms with Crippen molar-refractivity contribution in [2.75, 3.05) is 33.1 Å². The number of pyridine rings is 1. The lowest BCUT2D eigenvalue weighted by Gasteiger charge is -2.09. The molecule has 0 saturated carbocycles. The number of nitrogens with zero attached hydrogens (tertiary/aromatic N) is 3. The van der Waals surface area contributed by atoms with Crippen molar-refractivity contribution in [3.63, 3.8) is 0 Å². The summed E-state index contributed by atoms with van der Waals surface area (Å²) < 4.78 is 14.1. The van der Waals surface area contributed by atoms with E-state index in [4.69, 9.17) is 22.1 Å². The number of carbonyl (C=O) groups excluding carboxylic acids is 3. The summed E-state index contributed by atoms with van der Waals surface area (Å²) in [4.78, 5) is 41.0. The number of benzene rings is 1. The quantitative estimate of drug-likeness (QED) is 0.210. The fourth-order valence-electron chi connectivity index (χ4n) is 3.96. The van der Waals surface area contributed by atoms with Gasteiger partial charge < -0.3 is 19.7 Å². The van der Waals surface area contributed by atoms with Crippen molar-refractivity contribution in [1.29, 1.82) is 0 Å². The van der Waals surface area contributed by atoms with Gasteiger partial charge in [-0.3, -0.25) is 9.59 Å². The number of hydrogen-bond acceptors (Lipinski definition) is 7. The molecule has 0 unspecified atom stereocenters. The van der Waals surface area contributed by atoms with Crippen LogP contribution in [0.3, 0.4) is 0 Å². The summed E-state index contributed by atoms with van der Waals surface area (Å²) in [6.07, 6.45) is 1.76. The van der Waals surface area contributed by atoms with Gasteiger partial charge in [0.25, 0.3) is 17.2 Å². The zero-order valence-electron chi connectivity index (χ0n) is 21.1. The molecule has 0 bridgehead atoms. The molecule has 4 aromatic rings. The van der Waals surface area contributed by atoms with Gasteiger partial charge in [-0.15, -0.1) is 11.3 Å². The van der Waals surface area contributed by atoms with Gasteiger partial charge >= 0.3 is 11.9 Å². The minimum Gasteiger partial charge on any atom is -0.497 e. The van der Waals surface area contributed by atoms with Gasteiger partial charge in [0.05, 0.1) is 30.4 Å². The fraction of sp³-hybridized carbons (Fsp3) is 0.231. The topological polar surface area (TPSA) is 94.0 Å². The molecular formula is C26H27N4O5S2+. The minimum absolute atomic E-state index is 0.156. The van der Waals surface area contributed by atoms with Gasteiger partial charge in [0, 0.05) is 26.2 Å². The lowest BCUT2D eigenvalue weighted by Crippen LogP contribution is -2.30. The number of anilines is 1. The van der Waals surface area contributed by atoms with E-state index in [0.717, 1.165) is 17.0 Å². The van der Waals surface area contributed by atoms with Gasteiger partial charge in [0.15, 0.2) is 0 Å². The number of carbonyl (C=O) groups is 3. The molecule has 0 aliphatic carbocycles. The molecule has 1 aromatic carbocycles. The third kappa shape index (κ3) is 4.79. The van der Waals surface area contributed by atoms with Crippen LogP contribution < -0.4 is 14.5 Å². The zero-order chi connectivity index (χ0) is 26.9. The number of amides is 2. The molecule has 3 heterocycles. The van der Waals surface area contributed by atoms with Crippen molar-refractivity contribution >= 4 is 52.4 Å². The standard InChI is InChI=1S/C26H26N4O5S2/c1-6-35-26(33)19-15(2)21(24(32)28(3)4)37-23(19)27-22(31)20-25(36)30(18-12-7-8-13-29(18)20)16-10-9-11-17(14-16)34-5/h7-14H,6H2,1-5H3,(H-,27,31,32,33,36)/p+1. The van der Waals surface area contributed by atoms with Crippen molar-refractivity contribution in [3.8, 4) is 11.4 Å². The zero-order valence-corrected chi connectivity index (χ0v) is 22.8. The number of aromatic nitrogens is 2. The van der Waals surface area contributed by atoms with E-state index in [-0.39, 0.29) is 28.8 Å². The molecule has 0 saturated heterocycles. The maximum absolute atomic E-state index is 13.7. The Morgan fingerprint density at radius 1 is 1.16 bits per heavy atom. The SMILES string of the molecule is CCOC(=O)c1c(NC(=O)c2c(S)n(-c3cccc(OC)c3)c3cccc[n+]23)sc(C(=O)N(C)C)c1C. The molecule has 9 nitrogen and oxygen atoms in total. The van der Waals surface area contributed by atoms with Gasteiger partial charge in [0.2, 0.25) is 5.03 Å². The monoisotopic (exact) mass is 539 g/mol. The molecule has 37 heavy (non-hydrogen) atoms. The maximum Gasteiger partial charge on any atom is 0.341 e. The molecule has 0 aliphatic heterocycles. The largest absolute Gasteiger partial charge is 0.497 e. The Bertz CT molecular complexity index is 1520. The second-order valence-corrected chi connectivity index (χ2v) is 9.72. The molecule has 2 amide bonds. The highest BCUT2D eigenvalue weighted by molar-refractivity contribution is 7.80. The number of fused-ring (bicyclic) bond motifs is 1. The smallest absolute Gasteiger partial charge is 0.341 e. The number of ether oxygens (including phenoxy) is 2. The van der Waals surface area contributed by atoms with Gasteiger partial charge in [-0.25, -0.2) is 4.79 Å². The summed E-state index contributed by atoms with van der Waals surface area (Å²) in [5.41, 5.74) is 2.32. The van der Waals surface area contributed by atoms with E-state index in [1.54, 1.807) is 51.7 Å². The highest BCUT2D eigenvalue weighted by Crippen LogP contribution is 2.35. The second kappa shape index (κ2) is 10.7. The van der Waals surface area contributed by atoms with E-state index in [1.807, 2.05) is 41.0 Å². The van der Waals surface area contributed by atoms with E-state index in [2.05, 4.69) is 5.32 Å². The van der Waals surface area contributed by atoms with E-state index in [0.29, 0.717) is 26.9 Å².